The molecule has 0 aliphatic carbocycles. The maximum Gasteiger partial charge on any atom is 0.210 e. The van der Waals surface area contributed by atoms with Gasteiger partial charge in [0, 0.05) is 23.4 Å². The lowest BCUT2D eigenvalue weighted by atomic mass is 10.1. The summed E-state index contributed by atoms with van der Waals surface area (Å²) in [6.07, 6.45) is 4.73. The number of aromatic hydroxyl groups is 1. The van der Waals surface area contributed by atoms with Gasteiger partial charge in [-0.1, -0.05) is 25.1 Å². The maximum absolute atomic E-state index is 10.4. The molecular formula is C16H16N2OS2. The molecule has 3 nitrogen and oxygen atoms in total. The van der Waals surface area contributed by atoms with E-state index in [1.807, 2.05) is 41.1 Å². The predicted molar refractivity (Wildman–Crippen MR) is 92.3 cm³/mol. The van der Waals surface area contributed by atoms with Crippen LogP contribution in [0.25, 0.3) is 11.6 Å². The third kappa shape index (κ3) is 2.47. The van der Waals surface area contributed by atoms with Gasteiger partial charge in [-0.25, -0.2) is 0 Å². The number of allylic oxidation sites excluding steroid dienone is 1. The van der Waals surface area contributed by atoms with Gasteiger partial charge < -0.3 is 5.11 Å². The van der Waals surface area contributed by atoms with Crippen molar-refractivity contribution in [2.75, 3.05) is 0 Å². The van der Waals surface area contributed by atoms with Crippen molar-refractivity contribution in [3.05, 3.63) is 38.7 Å². The normalized spacial score (nSPS) is 16.4. The number of para-hydroxylation sites is 1. The number of nitrogens with zero attached hydrogens (tertiary/aromatic N) is 2. The summed E-state index contributed by atoms with van der Waals surface area (Å²) in [5.74, 6) is 0.254. The molecule has 0 saturated heterocycles. The Bertz CT molecular complexity index is 799. The van der Waals surface area contributed by atoms with E-state index in [1.54, 1.807) is 0 Å². The molecule has 1 unspecified atom stereocenters. The van der Waals surface area contributed by atoms with E-state index in [0.29, 0.717) is 3.95 Å². The first-order chi connectivity index (χ1) is 10.1. The summed E-state index contributed by atoms with van der Waals surface area (Å²) in [4.78, 5) is 5.17. The average molecular weight is 316 g/mol. The number of hydrogen-bond donors (Lipinski definition) is 1. The minimum atomic E-state index is 0.199. The van der Waals surface area contributed by atoms with Gasteiger partial charge in [-0.15, -0.1) is 11.3 Å². The summed E-state index contributed by atoms with van der Waals surface area (Å²) in [5.41, 5.74) is 3.06. The van der Waals surface area contributed by atoms with Crippen molar-refractivity contribution >= 4 is 47.1 Å². The Labute approximate surface area is 132 Å². The third-order valence-electron chi connectivity index (χ3n) is 3.72. The molecule has 0 radical (unpaired) electrons. The molecule has 5 heteroatoms. The van der Waals surface area contributed by atoms with Crippen LogP contribution >= 0.6 is 23.6 Å². The molecule has 0 bridgehead atoms. The molecule has 1 aliphatic rings. The van der Waals surface area contributed by atoms with Crippen LogP contribution in [0.1, 0.15) is 36.8 Å². The zero-order chi connectivity index (χ0) is 15.0. The molecule has 2 heterocycles. The first-order valence-electron chi connectivity index (χ1n) is 6.91. The van der Waals surface area contributed by atoms with Crippen LogP contribution in [0.4, 0.5) is 5.69 Å². The Balaban J connectivity index is 2.07. The highest BCUT2D eigenvalue weighted by atomic mass is 32.1. The van der Waals surface area contributed by atoms with E-state index in [2.05, 4.69) is 18.8 Å². The van der Waals surface area contributed by atoms with E-state index >= 15 is 0 Å². The molecule has 1 aromatic carbocycles. The Hall–Kier alpha value is -1.72. The van der Waals surface area contributed by atoms with E-state index in [9.17, 15) is 5.11 Å². The van der Waals surface area contributed by atoms with Crippen molar-refractivity contribution in [2.24, 2.45) is 4.99 Å². The average Bonchev–Trinajstić information content (AvgIpc) is 3.01. The number of benzene rings is 1. The molecule has 1 N–H and O–H groups in total. The van der Waals surface area contributed by atoms with Gasteiger partial charge in [-0.3, -0.25) is 9.56 Å². The number of aromatic nitrogens is 1. The van der Waals surface area contributed by atoms with Crippen molar-refractivity contribution in [3.8, 4) is 5.88 Å². The van der Waals surface area contributed by atoms with Gasteiger partial charge >= 0.3 is 0 Å². The van der Waals surface area contributed by atoms with Crippen molar-refractivity contribution in [1.29, 1.82) is 0 Å². The van der Waals surface area contributed by atoms with Crippen molar-refractivity contribution in [1.82, 2.24) is 4.57 Å². The molecule has 2 aromatic rings. The maximum atomic E-state index is 10.4. The van der Waals surface area contributed by atoms with Crippen molar-refractivity contribution in [3.63, 3.8) is 0 Å². The molecular weight excluding hydrogens is 300 g/mol. The van der Waals surface area contributed by atoms with Crippen LogP contribution in [-0.4, -0.2) is 15.9 Å². The van der Waals surface area contributed by atoms with Gasteiger partial charge in [0.25, 0.3) is 0 Å². The fraction of sp³-hybridized carbons (Fsp3) is 0.250. The number of rotatable bonds is 3. The van der Waals surface area contributed by atoms with E-state index in [-0.39, 0.29) is 11.9 Å². The zero-order valence-electron chi connectivity index (χ0n) is 11.9. The Morgan fingerprint density at radius 1 is 1.43 bits per heavy atom. The summed E-state index contributed by atoms with van der Waals surface area (Å²) in [7, 11) is 0. The smallest absolute Gasteiger partial charge is 0.210 e. The summed E-state index contributed by atoms with van der Waals surface area (Å²) < 4.78 is 2.53. The molecule has 0 fully saturated rings. The quantitative estimate of drug-likeness (QED) is 0.789. The van der Waals surface area contributed by atoms with Gasteiger partial charge in [0.15, 0.2) is 3.95 Å². The van der Waals surface area contributed by atoms with Gasteiger partial charge in [-0.2, -0.15) is 0 Å². The standard InChI is InChI=1S/C16H16N2OS2/c1-3-10(2)18-15(19)14(21-16(18)20)8-11-9-17-13-7-5-4-6-12(11)13/h4-10,19H,3H2,1-2H3/b11-8-. The minimum absolute atomic E-state index is 0.199. The molecule has 108 valence electrons. The number of hydrogen-bond acceptors (Lipinski definition) is 4. The highest BCUT2D eigenvalue weighted by molar-refractivity contribution is 7.73. The first kappa shape index (κ1) is 14.2. The lowest BCUT2D eigenvalue weighted by Crippen LogP contribution is -2.02. The first-order valence-corrected chi connectivity index (χ1v) is 8.13. The van der Waals surface area contributed by atoms with Crippen LogP contribution in [0.5, 0.6) is 5.88 Å². The minimum Gasteiger partial charge on any atom is -0.493 e. The molecule has 21 heavy (non-hydrogen) atoms. The third-order valence-corrected chi connectivity index (χ3v) is 5.06. The van der Waals surface area contributed by atoms with Crippen molar-refractivity contribution < 1.29 is 5.11 Å². The summed E-state index contributed by atoms with van der Waals surface area (Å²) in [6.45, 7) is 4.15. The van der Waals surface area contributed by atoms with E-state index in [1.165, 1.54) is 11.3 Å². The second-order valence-electron chi connectivity index (χ2n) is 5.06. The van der Waals surface area contributed by atoms with Crippen molar-refractivity contribution in [2.45, 2.75) is 26.3 Å². The zero-order valence-corrected chi connectivity index (χ0v) is 13.5. The van der Waals surface area contributed by atoms with E-state index in [4.69, 9.17) is 12.2 Å². The topological polar surface area (TPSA) is 37.5 Å². The summed E-state index contributed by atoms with van der Waals surface area (Å²) in [6, 6.07) is 8.19. The van der Waals surface area contributed by atoms with Crippen LogP contribution in [0.15, 0.2) is 29.3 Å². The van der Waals surface area contributed by atoms with Gasteiger partial charge in [0.2, 0.25) is 5.88 Å². The number of fused-ring (bicyclic) bond motifs is 1. The lowest BCUT2D eigenvalue weighted by Gasteiger charge is -2.11. The van der Waals surface area contributed by atoms with Crippen LogP contribution in [0.2, 0.25) is 0 Å². The predicted octanol–water partition coefficient (Wildman–Crippen LogP) is 5.21. The van der Waals surface area contributed by atoms with Gasteiger partial charge in [-0.05, 0) is 37.7 Å². The second kappa shape index (κ2) is 5.58. The second-order valence-corrected chi connectivity index (χ2v) is 6.73. The molecule has 1 aromatic heterocycles. The SMILES string of the molecule is CCC(C)n1c(O)c(/C=C2/C=Nc3ccccc32)sc1=S. The highest BCUT2D eigenvalue weighted by Gasteiger charge is 2.17. The Morgan fingerprint density at radius 2 is 2.19 bits per heavy atom. The molecule has 0 spiro atoms. The molecule has 0 saturated carbocycles. The molecule has 1 atom stereocenters. The Kier molecular flexibility index (Phi) is 3.78. The number of thiazole rings is 1. The van der Waals surface area contributed by atoms with Crippen LogP contribution < -0.4 is 0 Å². The molecule has 3 rings (SSSR count). The number of aliphatic imine (C=N–C) groups is 1. The van der Waals surface area contributed by atoms with Crippen LogP contribution in [-0.2, 0) is 0 Å². The summed E-state index contributed by atoms with van der Waals surface area (Å²) >= 11 is 6.82. The fourth-order valence-electron chi connectivity index (χ4n) is 2.35. The monoisotopic (exact) mass is 316 g/mol. The lowest BCUT2D eigenvalue weighted by molar-refractivity contribution is 0.384. The fourth-order valence-corrected chi connectivity index (χ4v) is 3.82. The Morgan fingerprint density at radius 3 is 2.95 bits per heavy atom. The largest absolute Gasteiger partial charge is 0.493 e. The highest BCUT2D eigenvalue weighted by Crippen LogP contribution is 2.37. The molecule has 1 aliphatic heterocycles. The van der Waals surface area contributed by atoms with Gasteiger partial charge in [0.1, 0.15) is 0 Å². The van der Waals surface area contributed by atoms with Gasteiger partial charge in [0.05, 0.1) is 10.6 Å². The van der Waals surface area contributed by atoms with Crippen LogP contribution in [0.3, 0.4) is 0 Å². The summed E-state index contributed by atoms with van der Waals surface area (Å²) in [5, 5.41) is 10.4. The molecule has 0 amide bonds. The van der Waals surface area contributed by atoms with E-state index in [0.717, 1.165) is 28.1 Å². The van der Waals surface area contributed by atoms with E-state index < -0.39 is 0 Å². The van der Waals surface area contributed by atoms with Crippen LogP contribution in [0, 0.1) is 3.95 Å².